The molecule has 0 amide bonds. The van der Waals surface area contributed by atoms with Crippen LogP contribution in [0.2, 0.25) is 0 Å². The smallest absolute Gasteiger partial charge is 0.406 e. The summed E-state index contributed by atoms with van der Waals surface area (Å²) in [5.41, 5.74) is 12.1. The van der Waals surface area contributed by atoms with Gasteiger partial charge in [0, 0.05) is 11.1 Å². The van der Waals surface area contributed by atoms with Crippen LogP contribution in [0.15, 0.2) is 28.7 Å². The van der Waals surface area contributed by atoms with E-state index in [-0.39, 0.29) is 24.0 Å². The number of nitrogens with zero attached hydrogens (tertiary/aromatic N) is 3. The molecule has 3 rings (SSSR count). The minimum Gasteiger partial charge on any atom is -0.418 e. The molecule has 0 unspecified atom stereocenters. The molecule has 4 N–H and O–H groups in total. The Balaban J connectivity index is 2.23. The van der Waals surface area contributed by atoms with Crippen LogP contribution in [0, 0.1) is 0 Å². The Kier molecular flexibility index (Phi) is 3.28. The summed E-state index contributed by atoms with van der Waals surface area (Å²) in [5, 5.41) is 7.92. The van der Waals surface area contributed by atoms with E-state index in [0.29, 0.717) is 16.6 Å². The van der Waals surface area contributed by atoms with Gasteiger partial charge in [-0.1, -0.05) is 6.07 Å². The molecule has 2 heterocycles. The first-order valence-electron chi connectivity index (χ1n) is 6.36. The molecule has 116 valence electrons. The van der Waals surface area contributed by atoms with Gasteiger partial charge in [0.25, 0.3) is 5.89 Å². The number of nitrogen functional groups attached to an aromatic ring is 1. The van der Waals surface area contributed by atoms with Gasteiger partial charge in [-0.15, -0.1) is 10.2 Å². The van der Waals surface area contributed by atoms with Crippen molar-refractivity contribution < 1.29 is 17.6 Å². The number of hydrogen-bond donors (Lipinski definition) is 2. The lowest BCUT2D eigenvalue weighted by atomic mass is 10.2. The molecule has 9 heteroatoms. The zero-order valence-corrected chi connectivity index (χ0v) is 11.3. The van der Waals surface area contributed by atoms with Crippen LogP contribution in [0.1, 0.15) is 5.89 Å². The predicted molar refractivity (Wildman–Crippen MR) is 73.6 cm³/mol. The number of aromatic nitrogens is 3. The van der Waals surface area contributed by atoms with Gasteiger partial charge in [-0.3, -0.25) is 0 Å². The van der Waals surface area contributed by atoms with Crippen molar-refractivity contribution in [2.75, 3.05) is 5.73 Å². The second-order valence-electron chi connectivity index (χ2n) is 4.72. The van der Waals surface area contributed by atoms with E-state index in [1.165, 1.54) is 6.07 Å². The van der Waals surface area contributed by atoms with Gasteiger partial charge in [-0.05, 0) is 18.2 Å². The standard InChI is InChI=1S/C13H12F3N5O/c14-13(15,16)6-21-9-3-1-2-8(18)7(9)4-10(21)12-20-19-11(5-17)22-12/h1-4H,5-6,17-18H2. The molecule has 0 atom stereocenters. The second kappa shape index (κ2) is 5.02. The lowest BCUT2D eigenvalue weighted by molar-refractivity contribution is -0.139. The van der Waals surface area contributed by atoms with Crippen LogP contribution >= 0.6 is 0 Å². The third-order valence-electron chi connectivity index (χ3n) is 3.18. The van der Waals surface area contributed by atoms with Gasteiger partial charge in [0.1, 0.15) is 12.2 Å². The minimum absolute atomic E-state index is 0.00857. The molecule has 2 aromatic heterocycles. The zero-order valence-electron chi connectivity index (χ0n) is 11.3. The molecular weight excluding hydrogens is 299 g/mol. The molecule has 0 fully saturated rings. The van der Waals surface area contributed by atoms with Crippen LogP contribution in [0.3, 0.4) is 0 Å². The Hall–Kier alpha value is -2.55. The van der Waals surface area contributed by atoms with E-state index in [1.807, 2.05) is 0 Å². The maximum atomic E-state index is 12.9. The normalized spacial score (nSPS) is 12.2. The first-order chi connectivity index (χ1) is 10.4. The summed E-state index contributed by atoms with van der Waals surface area (Å²) in [6.07, 6.45) is -4.40. The van der Waals surface area contributed by atoms with E-state index in [4.69, 9.17) is 15.9 Å². The van der Waals surface area contributed by atoms with Crippen molar-refractivity contribution in [1.29, 1.82) is 0 Å². The number of hydrogen-bond acceptors (Lipinski definition) is 5. The van der Waals surface area contributed by atoms with E-state index in [1.54, 1.807) is 18.2 Å². The highest BCUT2D eigenvalue weighted by atomic mass is 19.4. The molecule has 0 bridgehead atoms. The van der Waals surface area contributed by atoms with Gasteiger partial charge in [0.05, 0.1) is 12.1 Å². The molecule has 0 aliphatic rings. The van der Waals surface area contributed by atoms with E-state index in [2.05, 4.69) is 10.2 Å². The highest BCUT2D eigenvalue weighted by Crippen LogP contribution is 2.33. The Bertz CT molecular complexity index is 821. The van der Waals surface area contributed by atoms with Crippen LogP contribution < -0.4 is 11.5 Å². The van der Waals surface area contributed by atoms with E-state index in [9.17, 15) is 13.2 Å². The van der Waals surface area contributed by atoms with Crippen molar-refractivity contribution >= 4 is 16.6 Å². The van der Waals surface area contributed by atoms with E-state index in [0.717, 1.165) is 4.57 Å². The Morgan fingerprint density at radius 3 is 2.64 bits per heavy atom. The topological polar surface area (TPSA) is 95.9 Å². The Morgan fingerprint density at radius 2 is 2.00 bits per heavy atom. The molecule has 0 saturated carbocycles. The molecule has 0 saturated heterocycles. The minimum atomic E-state index is -4.40. The number of fused-ring (bicyclic) bond motifs is 1. The van der Waals surface area contributed by atoms with Crippen LogP contribution in [0.4, 0.5) is 18.9 Å². The predicted octanol–water partition coefficient (Wildman–Crippen LogP) is 2.29. The van der Waals surface area contributed by atoms with Crippen molar-refractivity contribution in [2.45, 2.75) is 19.3 Å². The number of nitrogens with two attached hydrogens (primary N) is 2. The summed E-state index contributed by atoms with van der Waals surface area (Å²) in [4.78, 5) is 0. The molecule has 3 aromatic rings. The largest absolute Gasteiger partial charge is 0.418 e. The van der Waals surface area contributed by atoms with Crippen molar-refractivity contribution in [2.24, 2.45) is 5.73 Å². The second-order valence-corrected chi connectivity index (χ2v) is 4.72. The third-order valence-corrected chi connectivity index (χ3v) is 3.18. The van der Waals surface area contributed by atoms with Crippen LogP contribution in [0.5, 0.6) is 0 Å². The summed E-state index contributed by atoms with van der Waals surface area (Å²) in [6, 6.07) is 6.27. The summed E-state index contributed by atoms with van der Waals surface area (Å²) in [7, 11) is 0. The highest BCUT2D eigenvalue weighted by Gasteiger charge is 2.31. The number of halogens is 3. The average Bonchev–Trinajstić information content (AvgIpc) is 3.03. The number of anilines is 1. The summed E-state index contributed by atoms with van der Waals surface area (Å²) >= 11 is 0. The third kappa shape index (κ3) is 2.50. The maximum absolute atomic E-state index is 12.9. The highest BCUT2D eigenvalue weighted by molar-refractivity contribution is 5.94. The van der Waals surface area contributed by atoms with Crippen molar-refractivity contribution in [1.82, 2.24) is 14.8 Å². The lowest BCUT2D eigenvalue weighted by Crippen LogP contribution is -2.18. The first kappa shape index (κ1) is 14.4. The summed E-state index contributed by atoms with van der Waals surface area (Å²) in [6.45, 7) is -1.18. The van der Waals surface area contributed by atoms with Gasteiger partial charge >= 0.3 is 6.18 Å². The fourth-order valence-corrected chi connectivity index (χ4v) is 2.27. The number of benzene rings is 1. The molecule has 1 aromatic carbocycles. The van der Waals surface area contributed by atoms with Gasteiger partial charge in [-0.25, -0.2) is 0 Å². The first-order valence-corrected chi connectivity index (χ1v) is 6.36. The van der Waals surface area contributed by atoms with Crippen LogP contribution in [0.25, 0.3) is 22.5 Å². The fourth-order valence-electron chi connectivity index (χ4n) is 2.27. The average molecular weight is 311 g/mol. The van der Waals surface area contributed by atoms with Crippen molar-refractivity contribution in [3.63, 3.8) is 0 Å². The summed E-state index contributed by atoms with van der Waals surface area (Å²) < 4.78 is 44.9. The number of rotatable bonds is 3. The van der Waals surface area contributed by atoms with E-state index >= 15 is 0 Å². The lowest BCUT2D eigenvalue weighted by Gasteiger charge is -2.11. The SMILES string of the molecule is NCc1nnc(-c2cc3c(N)cccc3n2CC(F)(F)F)o1. The summed E-state index contributed by atoms with van der Waals surface area (Å²) in [5.74, 6) is 0.118. The Labute approximate surface area is 122 Å². The molecule has 0 aliphatic carbocycles. The molecule has 0 spiro atoms. The van der Waals surface area contributed by atoms with Gasteiger partial charge in [0.15, 0.2) is 0 Å². The molecular formula is C13H12F3N5O. The quantitative estimate of drug-likeness (QED) is 0.724. The molecule has 6 nitrogen and oxygen atoms in total. The maximum Gasteiger partial charge on any atom is 0.406 e. The van der Waals surface area contributed by atoms with Gasteiger partial charge < -0.3 is 20.5 Å². The molecule has 22 heavy (non-hydrogen) atoms. The van der Waals surface area contributed by atoms with Gasteiger partial charge in [0.2, 0.25) is 5.89 Å². The van der Waals surface area contributed by atoms with Crippen LogP contribution in [-0.4, -0.2) is 20.9 Å². The van der Waals surface area contributed by atoms with Crippen molar-refractivity contribution in [3.05, 3.63) is 30.2 Å². The molecule has 0 aliphatic heterocycles. The fraction of sp³-hybridized carbons (Fsp3) is 0.231. The monoisotopic (exact) mass is 311 g/mol. The van der Waals surface area contributed by atoms with Crippen molar-refractivity contribution in [3.8, 4) is 11.6 Å². The Morgan fingerprint density at radius 1 is 1.23 bits per heavy atom. The van der Waals surface area contributed by atoms with Crippen LogP contribution in [-0.2, 0) is 13.1 Å². The number of alkyl halides is 3. The van der Waals surface area contributed by atoms with Gasteiger partial charge in [-0.2, -0.15) is 13.2 Å². The van der Waals surface area contributed by atoms with E-state index < -0.39 is 12.7 Å². The zero-order chi connectivity index (χ0) is 15.9. The molecule has 0 radical (unpaired) electrons.